The van der Waals surface area contributed by atoms with Gasteiger partial charge in [-0.3, -0.25) is 0 Å². The molecule has 1 fully saturated rings. The van der Waals surface area contributed by atoms with Crippen molar-refractivity contribution in [3.05, 3.63) is 64.7 Å². The van der Waals surface area contributed by atoms with E-state index in [9.17, 15) is 13.2 Å². The first-order chi connectivity index (χ1) is 12.9. The van der Waals surface area contributed by atoms with E-state index in [2.05, 4.69) is 12.2 Å². The number of sulfone groups is 1. The average Bonchev–Trinajstić information content (AvgIpc) is 3.01. The molecule has 2 aromatic carbocycles. The lowest BCUT2D eigenvalue weighted by Crippen LogP contribution is -2.43. The smallest absolute Gasteiger partial charge is 0.316 e. The highest BCUT2D eigenvalue weighted by Gasteiger charge is 2.34. The summed E-state index contributed by atoms with van der Waals surface area (Å²) in [6.07, 6.45) is 1.41. The molecule has 144 valence electrons. The van der Waals surface area contributed by atoms with Gasteiger partial charge < -0.3 is 10.2 Å². The van der Waals surface area contributed by atoms with Crippen LogP contribution in [0.4, 0.5) is 10.5 Å². The van der Waals surface area contributed by atoms with Crippen LogP contribution in [0.5, 0.6) is 0 Å². The van der Waals surface area contributed by atoms with Gasteiger partial charge in [-0.25, -0.2) is 13.2 Å². The van der Waals surface area contributed by atoms with E-state index < -0.39 is 9.84 Å². The molecular formula is C20H23ClN2O3S. The summed E-state index contributed by atoms with van der Waals surface area (Å²) < 4.78 is 23.9. The van der Waals surface area contributed by atoms with Crippen LogP contribution < -0.4 is 5.32 Å². The number of hydrogen-bond acceptors (Lipinski definition) is 3. The van der Waals surface area contributed by atoms with Gasteiger partial charge in [-0.15, -0.1) is 0 Å². The number of nitrogens with one attached hydrogen (secondary N) is 1. The molecule has 3 rings (SSSR count). The topological polar surface area (TPSA) is 66.5 Å². The van der Waals surface area contributed by atoms with Crippen LogP contribution in [0.3, 0.4) is 0 Å². The number of urea groups is 1. The first-order valence-corrected chi connectivity index (χ1v) is 11.2. The van der Waals surface area contributed by atoms with Gasteiger partial charge in [0.25, 0.3) is 0 Å². The molecule has 1 heterocycles. The summed E-state index contributed by atoms with van der Waals surface area (Å²) in [5, 5.41) is 3.44. The Bertz CT molecular complexity index is 896. The number of hydrogen-bond donors (Lipinski definition) is 1. The zero-order valence-corrected chi connectivity index (χ0v) is 16.8. The molecule has 0 spiro atoms. The predicted molar refractivity (Wildman–Crippen MR) is 109 cm³/mol. The number of carbonyl (C=O) groups is 1. The summed E-state index contributed by atoms with van der Waals surface area (Å²) in [6, 6.07) is 14.3. The Kier molecular flexibility index (Phi) is 6.07. The van der Waals surface area contributed by atoms with E-state index in [-0.39, 0.29) is 23.6 Å². The molecule has 1 atom stereocenters. The number of anilines is 1. The fourth-order valence-corrected chi connectivity index (χ4v) is 5.05. The van der Waals surface area contributed by atoms with Gasteiger partial charge in [0.2, 0.25) is 0 Å². The van der Waals surface area contributed by atoms with Crippen LogP contribution in [0.15, 0.2) is 48.5 Å². The Morgan fingerprint density at radius 2 is 1.74 bits per heavy atom. The summed E-state index contributed by atoms with van der Waals surface area (Å²) in [7, 11) is -3.09. The van der Waals surface area contributed by atoms with E-state index in [1.807, 2.05) is 24.3 Å². The third-order valence-corrected chi connectivity index (χ3v) is 6.79. The van der Waals surface area contributed by atoms with Gasteiger partial charge in [0, 0.05) is 23.3 Å². The molecule has 1 aliphatic heterocycles. The van der Waals surface area contributed by atoms with Gasteiger partial charge in [0.05, 0.1) is 11.5 Å². The second-order valence-corrected chi connectivity index (χ2v) is 9.46. The SMILES string of the molecule is CCc1ccc(CN(C(=O)Nc2ccc(Cl)cc2)C2CCS(=O)(=O)C2)cc1. The van der Waals surface area contributed by atoms with Crippen molar-refractivity contribution in [3.63, 3.8) is 0 Å². The largest absolute Gasteiger partial charge is 0.322 e. The Morgan fingerprint density at radius 1 is 1.11 bits per heavy atom. The molecule has 2 amide bonds. The van der Waals surface area contributed by atoms with Crippen molar-refractivity contribution >= 4 is 33.2 Å². The van der Waals surface area contributed by atoms with Gasteiger partial charge in [0.1, 0.15) is 0 Å². The van der Waals surface area contributed by atoms with Gasteiger partial charge >= 0.3 is 6.03 Å². The van der Waals surface area contributed by atoms with Crippen LogP contribution in [0.1, 0.15) is 24.5 Å². The molecule has 7 heteroatoms. The minimum atomic E-state index is -3.09. The van der Waals surface area contributed by atoms with Crippen molar-refractivity contribution in [1.82, 2.24) is 4.90 Å². The number of aryl methyl sites for hydroxylation is 1. The molecule has 1 N–H and O–H groups in total. The number of benzene rings is 2. The van der Waals surface area contributed by atoms with Gasteiger partial charge in [-0.05, 0) is 48.2 Å². The van der Waals surface area contributed by atoms with Crippen LogP contribution in [0.2, 0.25) is 5.02 Å². The van der Waals surface area contributed by atoms with Crippen molar-refractivity contribution < 1.29 is 13.2 Å². The van der Waals surface area contributed by atoms with Gasteiger partial charge in [-0.1, -0.05) is 42.8 Å². The van der Waals surface area contributed by atoms with Gasteiger partial charge in [0.15, 0.2) is 9.84 Å². The summed E-state index contributed by atoms with van der Waals surface area (Å²) in [5.41, 5.74) is 2.82. The fraction of sp³-hybridized carbons (Fsp3) is 0.350. The first-order valence-electron chi connectivity index (χ1n) is 8.98. The highest BCUT2D eigenvalue weighted by molar-refractivity contribution is 7.91. The number of nitrogens with zero attached hydrogens (tertiary/aromatic N) is 1. The lowest BCUT2D eigenvalue weighted by Gasteiger charge is -2.28. The molecule has 27 heavy (non-hydrogen) atoms. The quantitative estimate of drug-likeness (QED) is 0.811. The summed E-state index contributed by atoms with van der Waals surface area (Å²) in [5.74, 6) is 0.130. The zero-order chi connectivity index (χ0) is 19.4. The highest BCUT2D eigenvalue weighted by Crippen LogP contribution is 2.22. The van der Waals surface area contributed by atoms with E-state index in [4.69, 9.17) is 11.6 Å². The van der Waals surface area contributed by atoms with E-state index in [0.717, 1.165) is 12.0 Å². The molecule has 1 unspecified atom stereocenters. The minimum Gasteiger partial charge on any atom is -0.316 e. The van der Waals surface area contributed by atoms with Crippen molar-refractivity contribution in [3.8, 4) is 0 Å². The fourth-order valence-electron chi connectivity index (χ4n) is 3.19. The molecule has 5 nitrogen and oxygen atoms in total. The van der Waals surface area contributed by atoms with Crippen LogP contribution in [0.25, 0.3) is 0 Å². The van der Waals surface area contributed by atoms with Crippen molar-refractivity contribution in [2.24, 2.45) is 0 Å². The standard InChI is InChI=1S/C20H23ClN2O3S/c1-2-15-3-5-16(6-4-15)13-23(19-11-12-27(25,26)14-19)20(24)22-18-9-7-17(21)8-10-18/h3-10,19H,2,11-14H2,1H3,(H,22,24). The Morgan fingerprint density at radius 3 is 2.30 bits per heavy atom. The van der Waals surface area contributed by atoms with E-state index in [0.29, 0.717) is 23.7 Å². The monoisotopic (exact) mass is 406 g/mol. The maximum absolute atomic E-state index is 12.9. The molecule has 0 aliphatic carbocycles. The van der Waals surface area contributed by atoms with Crippen LogP contribution in [0, 0.1) is 0 Å². The lowest BCUT2D eigenvalue weighted by atomic mass is 10.1. The second-order valence-electron chi connectivity index (χ2n) is 6.79. The second kappa shape index (κ2) is 8.31. The third kappa shape index (κ3) is 5.23. The summed E-state index contributed by atoms with van der Waals surface area (Å²) >= 11 is 5.89. The zero-order valence-electron chi connectivity index (χ0n) is 15.2. The molecule has 1 saturated heterocycles. The Labute approximate surface area is 165 Å². The number of rotatable bonds is 5. The predicted octanol–water partition coefficient (Wildman–Crippen LogP) is 4.12. The summed E-state index contributed by atoms with van der Waals surface area (Å²) in [6.45, 7) is 2.45. The van der Waals surface area contributed by atoms with Crippen molar-refractivity contribution in [2.75, 3.05) is 16.8 Å². The molecule has 0 radical (unpaired) electrons. The molecule has 2 aromatic rings. The van der Waals surface area contributed by atoms with Gasteiger partial charge in [-0.2, -0.15) is 0 Å². The van der Waals surface area contributed by atoms with Crippen LogP contribution in [-0.2, 0) is 22.8 Å². The maximum Gasteiger partial charge on any atom is 0.322 e. The van der Waals surface area contributed by atoms with E-state index in [1.165, 1.54) is 5.56 Å². The Balaban J connectivity index is 1.79. The van der Waals surface area contributed by atoms with Crippen LogP contribution >= 0.6 is 11.6 Å². The lowest BCUT2D eigenvalue weighted by molar-refractivity contribution is 0.190. The number of halogens is 1. The average molecular weight is 407 g/mol. The number of amides is 2. The van der Waals surface area contributed by atoms with Crippen molar-refractivity contribution in [1.29, 1.82) is 0 Å². The molecule has 0 saturated carbocycles. The molecule has 0 aromatic heterocycles. The third-order valence-electron chi connectivity index (χ3n) is 4.79. The van der Waals surface area contributed by atoms with E-state index in [1.54, 1.807) is 29.2 Å². The Hall–Kier alpha value is -2.05. The van der Waals surface area contributed by atoms with E-state index >= 15 is 0 Å². The normalized spacial score (nSPS) is 18.2. The van der Waals surface area contributed by atoms with Crippen molar-refractivity contribution in [2.45, 2.75) is 32.4 Å². The summed E-state index contributed by atoms with van der Waals surface area (Å²) in [4.78, 5) is 14.5. The number of carbonyl (C=O) groups excluding carboxylic acids is 1. The molecule has 1 aliphatic rings. The molecule has 0 bridgehead atoms. The molecular weight excluding hydrogens is 384 g/mol. The van der Waals surface area contributed by atoms with Crippen LogP contribution in [-0.4, -0.2) is 36.9 Å². The minimum absolute atomic E-state index is 0.00802. The highest BCUT2D eigenvalue weighted by atomic mass is 35.5. The maximum atomic E-state index is 12.9. The first kappa shape index (κ1) is 19.7.